The smallest absolute Gasteiger partial charge is 0.150 e. The number of aliphatic hydroxyl groups excluding tert-OH is 1. The van der Waals surface area contributed by atoms with Crippen molar-refractivity contribution >= 4 is 34.8 Å². The highest BCUT2D eigenvalue weighted by Gasteiger charge is 2.14. The molecule has 2 aromatic rings. The lowest BCUT2D eigenvalue weighted by molar-refractivity contribution is 0.301. The van der Waals surface area contributed by atoms with Crippen LogP contribution in [-0.4, -0.2) is 23.2 Å². The number of nitrogens with two attached hydrogens (primary N) is 1. The summed E-state index contributed by atoms with van der Waals surface area (Å²) in [6.07, 6.45) is 0. The molecule has 0 radical (unpaired) electrons. The molecule has 0 fully saturated rings. The number of benzene rings is 1. The molecule has 0 bridgehead atoms. The van der Waals surface area contributed by atoms with Crippen molar-refractivity contribution in [2.24, 2.45) is 0 Å². The topological polar surface area (TPSA) is 62.4 Å². The summed E-state index contributed by atoms with van der Waals surface area (Å²) in [5.74, 6) is 0.744. The summed E-state index contributed by atoms with van der Waals surface area (Å²) in [4.78, 5) is 6.08. The maximum Gasteiger partial charge on any atom is 0.150 e. The van der Waals surface area contributed by atoms with E-state index in [9.17, 15) is 5.11 Å². The highest BCUT2D eigenvalue weighted by molar-refractivity contribution is 6.37. The molecule has 0 saturated carbocycles. The summed E-state index contributed by atoms with van der Waals surface area (Å²) in [7, 11) is 0. The van der Waals surface area contributed by atoms with E-state index in [0.29, 0.717) is 29.0 Å². The Kier molecular flexibility index (Phi) is 5.06. The van der Waals surface area contributed by atoms with Gasteiger partial charge in [-0.1, -0.05) is 53.5 Å². The van der Waals surface area contributed by atoms with Crippen molar-refractivity contribution in [3.8, 4) is 0 Å². The Morgan fingerprint density at radius 3 is 2.50 bits per heavy atom. The molecule has 1 aromatic heterocycles. The van der Waals surface area contributed by atoms with Crippen LogP contribution in [-0.2, 0) is 6.54 Å². The molecule has 0 amide bonds. The van der Waals surface area contributed by atoms with E-state index >= 15 is 0 Å². The number of halogens is 2. The van der Waals surface area contributed by atoms with Crippen LogP contribution in [0.1, 0.15) is 5.56 Å². The van der Waals surface area contributed by atoms with Crippen molar-refractivity contribution in [2.45, 2.75) is 6.54 Å². The zero-order valence-corrected chi connectivity index (χ0v) is 12.3. The Balaban J connectivity index is 2.31. The minimum atomic E-state index is -0.00657. The van der Waals surface area contributed by atoms with E-state index in [1.807, 2.05) is 35.2 Å². The van der Waals surface area contributed by atoms with Crippen molar-refractivity contribution in [1.82, 2.24) is 4.98 Å². The molecule has 0 atom stereocenters. The molecule has 20 heavy (non-hydrogen) atoms. The van der Waals surface area contributed by atoms with Crippen LogP contribution in [0.3, 0.4) is 0 Å². The first-order valence-electron chi connectivity index (χ1n) is 6.13. The molecule has 6 heteroatoms. The molecule has 0 saturated heterocycles. The third-order valence-electron chi connectivity index (χ3n) is 2.82. The number of aromatic nitrogens is 1. The predicted octanol–water partition coefficient (Wildman–Crippen LogP) is 2.97. The highest BCUT2D eigenvalue weighted by atomic mass is 35.5. The van der Waals surface area contributed by atoms with Gasteiger partial charge in [-0.25, -0.2) is 4.98 Å². The van der Waals surface area contributed by atoms with Crippen LogP contribution >= 0.6 is 23.2 Å². The molecular formula is C14H15Cl2N3O. The normalized spacial score (nSPS) is 10.6. The second-order valence-corrected chi connectivity index (χ2v) is 5.11. The zero-order valence-electron chi connectivity index (χ0n) is 10.8. The fourth-order valence-corrected chi connectivity index (χ4v) is 2.35. The molecular weight excluding hydrogens is 297 g/mol. The van der Waals surface area contributed by atoms with E-state index in [0.717, 1.165) is 5.56 Å². The summed E-state index contributed by atoms with van der Waals surface area (Å²) in [6.45, 7) is 0.977. The van der Waals surface area contributed by atoms with E-state index < -0.39 is 0 Å². The van der Waals surface area contributed by atoms with Gasteiger partial charge in [0.25, 0.3) is 0 Å². The molecule has 0 aliphatic heterocycles. The Labute approximate surface area is 127 Å². The van der Waals surface area contributed by atoms with Crippen LogP contribution in [0.25, 0.3) is 0 Å². The Hall–Kier alpha value is -1.49. The van der Waals surface area contributed by atoms with Crippen molar-refractivity contribution < 1.29 is 5.11 Å². The number of anilines is 2. The van der Waals surface area contributed by atoms with Gasteiger partial charge in [0, 0.05) is 13.1 Å². The van der Waals surface area contributed by atoms with Crippen molar-refractivity contribution in [1.29, 1.82) is 0 Å². The largest absolute Gasteiger partial charge is 0.395 e. The van der Waals surface area contributed by atoms with Gasteiger partial charge in [-0.15, -0.1) is 0 Å². The van der Waals surface area contributed by atoms with Gasteiger partial charge in [-0.2, -0.15) is 0 Å². The summed E-state index contributed by atoms with van der Waals surface area (Å²) in [5, 5.41) is 9.95. The van der Waals surface area contributed by atoms with Crippen molar-refractivity contribution in [3.63, 3.8) is 0 Å². The summed E-state index contributed by atoms with van der Waals surface area (Å²) < 4.78 is 0. The molecule has 0 aliphatic rings. The summed E-state index contributed by atoms with van der Waals surface area (Å²) in [5.41, 5.74) is 6.82. The molecule has 4 nitrogen and oxygen atoms in total. The number of aliphatic hydroxyl groups is 1. The maximum absolute atomic E-state index is 9.22. The van der Waals surface area contributed by atoms with E-state index in [-0.39, 0.29) is 12.4 Å². The lowest BCUT2D eigenvalue weighted by atomic mass is 10.2. The Bertz CT molecular complexity index is 578. The third kappa shape index (κ3) is 3.54. The number of hydrogen-bond acceptors (Lipinski definition) is 4. The van der Waals surface area contributed by atoms with Gasteiger partial charge in [-0.3, -0.25) is 0 Å². The van der Waals surface area contributed by atoms with Crippen LogP contribution in [0.15, 0.2) is 36.4 Å². The molecule has 1 heterocycles. The number of nitrogens with zero attached hydrogens (tertiary/aromatic N) is 2. The van der Waals surface area contributed by atoms with Crippen LogP contribution in [0.2, 0.25) is 10.0 Å². The van der Waals surface area contributed by atoms with Gasteiger partial charge >= 0.3 is 0 Å². The third-order valence-corrected chi connectivity index (χ3v) is 3.40. The predicted molar refractivity (Wildman–Crippen MR) is 83.2 cm³/mol. The first-order valence-corrected chi connectivity index (χ1v) is 6.88. The minimum Gasteiger partial charge on any atom is -0.395 e. The fraction of sp³-hybridized carbons (Fsp3) is 0.214. The molecule has 3 N–H and O–H groups in total. The van der Waals surface area contributed by atoms with E-state index in [1.54, 1.807) is 6.07 Å². The molecule has 2 rings (SSSR count). The molecule has 0 aliphatic carbocycles. The average Bonchev–Trinajstić information content (AvgIpc) is 2.44. The monoisotopic (exact) mass is 311 g/mol. The zero-order chi connectivity index (χ0) is 14.5. The Morgan fingerprint density at radius 1 is 1.15 bits per heavy atom. The van der Waals surface area contributed by atoms with E-state index in [4.69, 9.17) is 28.9 Å². The van der Waals surface area contributed by atoms with Crippen LogP contribution in [0.4, 0.5) is 11.6 Å². The quantitative estimate of drug-likeness (QED) is 0.891. The summed E-state index contributed by atoms with van der Waals surface area (Å²) in [6, 6.07) is 11.4. The van der Waals surface area contributed by atoms with Crippen LogP contribution in [0, 0.1) is 0 Å². The SMILES string of the molecule is Nc1nc(N(CCO)Cc2ccccc2)c(Cl)cc1Cl. The van der Waals surface area contributed by atoms with Gasteiger partial charge in [0.15, 0.2) is 0 Å². The van der Waals surface area contributed by atoms with Crippen molar-refractivity contribution in [2.75, 3.05) is 23.8 Å². The summed E-state index contributed by atoms with van der Waals surface area (Å²) >= 11 is 12.1. The van der Waals surface area contributed by atoms with Crippen LogP contribution < -0.4 is 10.6 Å². The standard InChI is InChI=1S/C14H15Cl2N3O/c15-11-8-12(16)14(18-13(11)17)19(6-7-20)9-10-4-2-1-3-5-10/h1-5,8,20H,6-7,9H2,(H2,17,18). The number of rotatable bonds is 5. The van der Waals surface area contributed by atoms with E-state index in [1.165, 1.54) is 0 Å². The van der Waals surface area contributed by atoms with Gasteiger partial charge in [0.2, 0.25) is 0 Å². The first-order chi connectivity index (χ1) is 9.61. The molecule has 106 valence electrons. The van der Waals surface area contributed by atoms with Gasteiger partial charge in [-0.05, 0) is 11.6 Å². The lowest BCUT2D eigenvalue weighted by Crippen LogP contribution is -2.27. The Morgan fingerprint density at radius 2 is 1.85 bits per heavy atom. The minimum absolute atomic E-state index is 0.00657. The molecule has 0 spiro atoms. The maximum atomic E-state index is 9.22. The van der Waals surface area contributed by atoms with Crippen LogP contribution in [0.5, 0.6) is 0 Å². The second-order valence-electron chi connectivity index (χ2n) is 4.29. The lowest BCUT2D eigenvalue weighted by Gasteiger charge is -2.24. The highest BCUT2D eigenvalue weighted by Crippen LogP contribution is 2.30. The number of hydrogen-bond donors (Lipinski definition) is 2. The first kappa shape index (κ1) is 14.9. The van der Waals surface area contributed by atoms with E-state index in [2.05, 4.69) is 4.98 Å². The van der Waals surface area contributed by atoms with Crippen molar-refractivity contribution in [3.05, 3.63) is 52.0 Å². The molecule has 0 unspecified atom stereocenters. The second kappa shape index (κ2) is 6.79. The van der Waals surface area contributed by atoms with Gasteiger partial charge in [0.1, 0.15) is 11.6 Å². The van der Waals surface area contributed by atoms with Gasteiger partial charge in [0.05, 0.1) is 16.7 Å². The van der Waals surface area contributed by atoms with Gasteiger partial charge < -0.3 is 15.7 Å². The number of pyridine rings is 1. The fourth-order valence-electron chi connectivity index (χ4n) is 1.88. The number of nitrogen functional groups attached to an aromatic ring is 1. The molecule has 1 aromatic carbocycles. The average molecular weight is 312 g/mol.